The summed E-state index contributed by atoms with van der Waals surface area (Å²) in [6.45, 7) is 7.62. The van der Waals surface area contributed by atoms with Crippen molar-refractivity contribution in [1.29, 1.82) is 0 Å². The molecule has 1 aliphatic heterocycles. The van der Waals surface area contributed by atoms with Crippen LogP contribution in [0.3, 0.4) is 0 Å². The maximum atomic E-state index is 5.68. The van der Waals surface area contributed by atoms with Gasteiger partial charge in [0.2, 0.25) is 0 Å². The monoisotopic (exact) mass is 330 g/mol. The molecule has 2 N–H and O–H groups in total. The van der Waals surface area contributed by atoms with Crippen LogP contribution in [0.1, 0.15) is 58.8 Å². The molecule has 0 aromatic rings. The SMILES string of the molecule is CC(C)C1CCC(NC2CCCC2C2COCCN2)CC1.Cl. The first-order chi connectivity index (χ1) is 10.2. The highest BCUT2D eigenvalue weighted by Gasteiger charge is 2.36. The second-order valence-corrected chi connectivity index (χ2v) is 7.86. The van der Waals surface area contributed by atoms with Crippen molar-refractivity contribution in [2.75, 3.05) is 19.8 Å². The fourth-order valence-electron chi connectivity index (χ4n) is 4.79. The zero-order valence-corrected chi connectivity index (χ0v) is 15.2. The third kappa shape index (κ3) is 4.59. The number of halogens is 1. The summed E-state index contributed by atoms with van der Waals surface area (Å²) in [6, 6.07) is 2.09. The van der Waals surface area contributed by atoms with E-state index in [-0.39, 0.29) is 12.4 Å². The van der Waals surface area contributed by atoms with Crippen LogP contribution in [-0.2, 0) is 4.74 Å². The molecule has 4 heteroatoms. The first-order valence-electron chi connectivity index (χ1n) is 9.31. The molecule has 0 bridgehead atoms. The Bertz CT molecular complexity index is 312. The van der Waals surface area contributed by atoms with Gasteiger partial charge in [-0.3, -0.25) is 0 Å². The highest BCUT2D eigenvalue weighted by atomic mass is 35.5. The van der Waals surface area contributed by atoms with Crippen LogP contribution in [0.25, 0.3) is 0 Å². The van der Waals surface area contributed by atoms with Gasteiger partial charge in [0.1, 0.15) is 0 Å². The van der Waals surface area contributed by atoms with Crippen molar-refractivity contribution in [2.45, 2.75) is 76.9 Å². The van der Waals surface area contributed by atoms with Crippen molar-refractivity contribution < 1.29 is 4.74 Å². The highest BCUT2D eigenvalue weighted by molar-refractivity contribution is 5.85. The van der Waals surface area contributed by atoms with E-state index >= 15 is 0 Å². The third-order valence-corrected chi connectivity index (χ3v) is 6.20. The summed E-state index contributed by atoms with van der Waals surface area (Å²) in [5.74, 6) is 2.62. The molecule has 3 unspecified atom stereocenters. The standard InChI is InChI=1S/C18H34N2O.ClH/c1-13(2)14-6-8-15(9-7-14)20-17-5-3-4-16(17)18-12-21-11-10-19-18;/h13-20H,3-12H2,1-2H3;1H. The number of ether oxygens (including phenoxy) is 1. The quantitative estimate of drug-likeness (QED) is 0.829. The predicted molar refractivity (Wildman–Crippen MR) is 94.7 cm³/mol. The molecule has 0 radical (unpaired) electrons. The zero-order valence-electron chi connectivity index (χ0n) is 14.4. The van der Waals surface area contributed by atoms with Crippen molar-refractivity contribution in [1.82, 2.24) is 10.6 Å². The van der Waals surface area contributed by atoms with Gasteiger partial charge in [0, 0.05) is 24.7 Å². The number of hydrogen-bond donors (Lipinski definition) is 2. The maximum absolute atomic E-state index is 5.68. The summed E-state index contributed by atoms with van der Waals surface area (Å²) < 4.78 is 5.68. The minimum atomic E-state index is 0. The van der Waals surface area contributed by atoms with Gasteiger partial charge in [-0.05, 0) is 56.3 Å². The van der Waals surface area contributed by atoms with Gasteiger partial charge in [0.15, 0.2) is 0 Å². The largest absolute Gasteiger partial charge is 0.379 e. The lowest BCUT2D eigenvalue weighted by Gasteiger charge is -2.37. The lowest BCUT2D eigenvalue weighted by molar-refractivity contribution is 0.0508. The molecular formula is C18H35ClN2O. The molecule has 2 aliphatic carbocycles. The Morgan fingerprint density at radius 2 is 1.82 bits per heavy atom. The summed E-state index contributed by atoms with van der Waals surface area (Å²) in [4.78, 5) is 0. The lowest BCUT2D eigenvalue weighted by atomic mass is 9.79. The first-order valence-corrected chi connectivity index (χ1v) is 9.31. The van der Waals surface area contributed by atoms with Gasteiger partial charge in [-0.2, -0.15) is 0 Å². The van der Waals surface area contributed by atoms with E-state index < -0.39 is 0 Å². The molecular weight excluding hydrogens is 296 g/mol. The van der Waals surface area contributed by atoms with E-state index in [2.05, 4.69) is 24.5 Å². The smallest absolute Gasteiger partial charge is 0.0623 e. The van der Waals surface area contributed by atoms with E-state index in [1.807, 2.05) is 0 Å². The van der Waals surface area contributed by atoms with Crippen molar-refractivity contribution >= 4 is 12.4 Å². The van der Waals surface area contributed by atoms with Crippen LogP contribution in [-0.4, -0.2) is 37.9 Å². The summed E-state index contributed by atoms with van der Waals surface area (Å²) in [5.41, 5.74) is 0. The second-order valence-electron chi connectivity index (χ2n) is 7.86. The van der Waals surface area contributed by atoms with Crippen LogP contribution in [0.5, 0.6) is 0 Å². The first kappa shape index (κ1) is 18.5. The Morgan fingerprint density at radius 1 is 1.05 bits per heavy atom. The van der Waals surface area contributed by atoms with E-state index in [1.165, 1.54) is 44.9 Å². The number of hydrogen-bond acceptors (Lipinski definition) is 3. The van der Waals surface area contributed by atoms with Crippen LogP contribution < -0.4 is 10.6 Å². The normalized spacial score (nSPS) is 39.7. The van der Waals surface area contributed by atoms with Gasteiger partial charge >= 0.3 is 0 Å². The van der Waals surface area contributed by atoms with Gasteiger partial charge in [-0.1, -0.05) is 20.3 Å². The van der Waals surface area contributed by atoms with Gasteiger partial charge in [-0.25, -0.2) is 0 Å². The van der Waals surface area contributed by atoms with Crippen LogP contribution >= 0.6 is 12.4 Å². The van der Waals surface area contributed by atoms with Gasteiger partial charge in [-0.15, -0.1) is 12.4 Å². The zero-order chi connectivity index (χ0) is 14.7. The molecule has 0 aromatic carbocycles. The highest BCUT2D eigenvalue weighted by Crippen LogP contribution is 2.33. The van der Waals surface area contributed by atoms with E-state index in [1.54, 1.807) is 0 Å². The predicted octanol–water partition coefficient (Wildman–Crippen LogP) is 3.37. The molecule has 1 saturated heterocycles. The molecule has 3 fully saturated rings. The van der Waals surface area contributed by atoms with E-state index in [0.29, 0.717) is 6.04 Å². The van der Waals surface area contributed by atoms with E-state index in [0.717, 1.165) is 49.6 Å². The fourth-order valence-corrected chi connectivity index (χ4v) is 4.79. The van der Waals surface area contributed by atoms with Gasteiger partial charge in [0.25, 0.3) is 0 Å². The molecule has 22 heavy (non-hydrogen) atoms. The van der Waals surface area contributed by atoms with Gasteiger partial charge < -0.3 is 15.4 Å². The number of nitrogens with one attached hydrogen (secondary N) is 2. The van der Waals surface area contributed by atoms with Gasteiger partial charge in [0.05, 0.1) is 13.2 Å². The molecule has 3 aliphatic rings. The number of morpholine rings is 1. The third-order valence-electron chi connectivity index (χ3n) is 6.20. The minimum Gasteiger partial charge on any atom is -0.379 e. The Hall–Kier alpha value is 0.170. The Labute approximate surface area is 142 Å². The Kier molecular flexibility index (Phi) is 7.46. The van der Waals surface area contributed by atoms with Crippen LogP contribution in [0.2, 0.25) is 0 Å². The van der Waals surface area contributed by atoms with Crippen molar-refractivity contribution in [3.63, 3.8) is 0 Å². The molecule has 3 nitrogen and oxygen atoms in total. The van der Waals surface area contributed by atoms with Crippen molar-refractivity contribution in [3.05, 3.63) is 0 Å². The molecule has 0 amide bonds. The second kappa shape index (κ2) is 8.86. The van der Waals surface area contributed by atoms with Crippen LogP contribution in [0, 0.1) is 17.8 Å². The summed E-state index contributed by atoms with van der Waals surface area (Å²) in [5, 5.41) is 7.71. The van der Waals surface area contributed by atoms with Crippen LogP contribution in [0.4, 0.5) is 0 Å². The molecule has 2 saturated carbocycles. The maximum Gasteiger partial charge on any atom is 0.0623 e. The lowest BCUT2D eigenvalue weighted by Crippen LogP contribution is -2.52. The minimum absolute atomic E-state index is 0. The van der Waals surface area contributed by atoms with Crippen molar-refractivity contribution in [2.24, 2.45) is 17.8 Å². The average Bonchev–Trinajstić information content (AvgIpc) is 2.97. The van der Waals surface area contributed by atoms with E-state index in [4.69, 9.17) is 4.74 Å². The average molecular weight is 331 g/mol. The molecule has 0 aromatic heterocycles. The van der Waals surface area contributed by atoms with Crippen LogP contribution in [0.15, 0.2) is 0 Å². The summed E-state index contributed by atoms with van der Waals surface area (Å²) >= 11 is 0. The summed E-state index contributed by atoms with van der Waals surface area (Å²) in [7, 11) is 0. The fraction of sp³-hybridized carbons (Fsp3) is 1.00. The topological polar surface area (TPSA) is 33.3 Å². The van der Waals surface area contributed by atoms with E-state index in [9.17, 15) is 0 Å². The number of rotatable bonds is 4. The Morgan fingerprint density at radius 3 is 2.45 bits per heavy atom. The molecule has 0 spiro atoms. The molecule has 1 heterocycles. The molecule has 3 atom stereocenters. The molecule has 130 valence electrons. The summed E-state index contributed by atoms with van der Waals surface area (Å²) in [6.07, 6.45) is 9.77. The van der Waals surface area contributed by atoms with Crippen molar-refractivity contribution in [3.8, 4) is 0 Å². The molecule has 3 rings (SSSR count). The Balaban J connectivity index is 0.00000176.